The van der Waals surface area contributed by atoms with Gasteiger partial charge in [0.25, 0.3) is 17.9 Å². The number of aryl methyl sites for hydroxylation is 1. The van der Waals surface area contributed by atoms with Crippen LogP contribution >= 0.6 is 11.6 Å². The molecule has 23 heteroatoms. The normalized spacial score (nSPS) is 17.0. The number of aromatic nitrogens is 6. The first kappa shape index (κ1) is 42.9. The first-order valence-corrected chi connectivity index (χ1v) is 21.2. The fraction of sp³-hybridized carbons (Fsp3) is 0.244. The molecule has 3 aromatic heterocycles. The zero-order valence-electron chi connectivity index (χ0n) is 32.7. The average Bonchev–Trinajstić information content (AvgIpc) is 3.74. The molecule has 7 aromatic rings. The number of carbonyl (C=O) groups excluding carboxylic acids is 1. The van der Waals surface area contributed by atoms with Crippen molar-refractivity contribution in [3.63, 3.8) is 0 Å². The van der Waals surface area contributed by atoms with E-state index < -0.39 is 117 Å². The third-order valence-corrected chi connectivity index (χ3v) is 12.0. The monoisotopic (exact) mass is 934 g/mol. The first-order chi connectivity index (χ1) is 30.1. The topological polar surface area (TPSA) is 146 Å². The summed E-state index contributed by atoms with van der Waals surface area (Å²) in [6.07, 6.45) is -3.07. The Hall–Kier alpha value is -6.42. The number of nitrogens with zero attached hydrogens (tertiary/aromatic N) is 6. The van der Waals surface area contributed by atoms with E-state index in [1.165, 1.54) is 36.0 Å². The van der Waals surface area contributed by atoms with Gasteiger partial charge in [0.1, 0.15) is 41.2 Å². The summed E-state index contributed by atoms with van der Waals surface area (Å²) >= 11 is 6.58. The highest BCUT2D eigenvalue weighted by Gasteiger charge is 2.67. The summed E-state index contributed by atoms with van der Waals surface area (Å²) in [6.45, 7) is -1.08. The lowest BCUT2D eigenvalue weighted by atomic mass is 10.0. The van der Waals surface area contributed by atoms with Crippen LogP contribution in [0.2, 0.25) is 5.02 Å². The maximum absolute atomic E-state index is 15.5. The summed E-state index contributed by atoms with van der Waals surface area (Å²) in [5.41, 5.74) is -4.12. The van der Waals surface area contributed by atoms with E-state index in [0.717, 1.165) is 29.0 Å². The van der Waals surface area contributed by atoms with Crippen LogP contribution in [0.4, 0.5) is 45.3 Å². The molecule has 332 valence electrons. The van der Waals surface area contributed by atoms with Crippen LogP contribution in [0.5, 0.6) is 0 Å². The molecule has 3 heterocycles. The summed E-state index contributed by atoms with van der Waals surface area (Å²) in [7, 11) is -2.60. The quantitative estimate of drug-likeness (QED) is 0.0985. The highest BCUT2D eigenvalue weighted by Crippen LogP contribution is 2.68. The Labute approximate surface area is 359 Å². The van der Waals surface area contributed by atoms with E-state index in [1.54, 1.807) is 0 Å². The highest BCUT2D eigenvalue weighted by molar-refractivity contribution is 7.92. The van der Waals surface area contributed by atoms with Gasteiger partial charge in [-0.2, -0.15) is 19.0 Å². The lowest BCUT2D eigenvalue weighted by molar-refractivity contribution is -0.123. The maximum atomic E-state index is 15.5. The van der Waals surface area contributed by atoms with Crippen molar-refractivity contribution >= 4 is 55.2 Å². The minimum absolute atomic E-state index is 0.00191. The highest BCUT2D eigenvalue weighted by atomic mass is 35.5. The van der Waals surface area contributed by atoms with Gasteiger partial charge < -0.3 is 5.32 Å². The number of rotatable bonds is 11. The largest absolute Gasteiger partial charge is 0.344 e. The molecule has 1 fully saturated rings. The lowest BCUT2D eigenvalue weighted by Gasteiger charge is -2.24. The number of halogens is 10. The van der Waals surface area contributed by atoms with Crippen molar-refractivity contribution in [1.82, 2.24) is 34.4 Å². The van der Waals surface area contributed by atoms with Crippen molar-refractivity contribution in [3.8, 4) is 16.8 Å². The molecule has 1 saturated carbocycles. The van der Waals surface area contributed by atoms with Crippen LogP contribution in [0.1, 0.15) is 53.1 Å². The molecule has 2 unspecified atom stereocenters. The van der Waals surface area contributed by atoms with Crippen LogP contribution in [-0.4, -0.2) is 49.7 Å². The summed E-state index contributed by atoms with van der Waals surface area (Å²) in [6, 6.07) is 7.67. The van der Waals surface area contributed by atoms with Crippen LogP contribution in [-0.2, 0) is 40.8 Å². The van der Waals surface area contributed by atoms with E-state index in [-0.39, 0.29) is 61.4 Å². The zero-order valence-corrected chi connectivity index (χ0v) is 34.3. The molecular formula is C41H28ClF9N8O4S. The number of benzene rings is 4. The molecule has 9 rings (SSSR count). The predicted molar refractivity (Wildman–Crippen MR) is 213 cm³/mol. The van der Waals surface area contributed by atoms with Gasteiger partial charge in [0.15, 0.2) is 17.5 Å². The number of anilines is 1. The lowest BCUT2D eigenvalue weighted by Crippen LogP contribution is -2.38. The number of fused-ring (bicyclic) bond motifs is 5. The van der Waals surface area contributed by atoms with Gasteiger partial charge in [0.2, 0.25) is 15.9 Å². The van der Waals surface area contributed by atoms with Crippen molar-refractivity contribution in [3.05, 3.63) is 133 Å². The number of sulfonamides is 1. The summed E-state index contributed by atoms with van der Waals surface area (Å²) < 4.78 is 162. The van der Waals surface area contributed by atoms with Crippen molar-refractivity contribution in [1.29, 1.82) is 0 Å². The number of carbonyl (C=O) groups is 1. The molecule has 2 aliphatic rings. The molecule has 4 aromatic carbocycles. The molecule has 0 saturated heterocycles. The molecular weight excluding hydrogens is 907 g/mol. The van der Waals surface area contributed by atoms with Gasteiger partial charge in [-0.15, -0.1) is 0 Å². The van der Waals surface area contributed by atoms with Crippen LogP contribution in [0.25, 0.3) is 38.6 Å². The second kappa shape index (κ2) is 15.1. The van der Waals surface area contributed by atoms with E-state index in [9.17, 15) is 44.3 Å². The number of hydrogen-bond donors (Lipinski definition) is 2. The van der Waals surface area contributed by atoms with E-state index in [4.69, 9.17) is 11.6 Å². The van der Waals surface area contributed by atoms with Crippen molar-refractivity contribution in [2.24, 2.45) is 13.0 Å². The standard InChI is InChI=1S/C41H28ClF9N8O4S/c1-57-35-30(6-5-24(42)33(35)38(55-57)56-64(2,62)63)59-39(53-28-10-17(3-4-20(28)40(59)61)21-13-26(46)27(47)14-25(21)45)29(9-16-7-18(43)11-19(44)8-16)52-31(60)15-58-36-32(34(54-58)37(48)49)22-12-23(22)41(36,50)51/h3-8,10-11,13-14,22-23,29,37H,9,12,15H2,1-2H3,(H,52,60)(H,55,56)/t22?,23?,29-/m0/s1. The maximum Gasteiger partial charge on any atom is 0.293 e. The Bertz CT molecular complexity index is 3300. The number of hydrogen-bond acceptors (Lipinski definition) is 7. The van der Waals surface area contributed by atoms with Crippen LogP contribution in [0, 0.1) is 35.0 Å². The van der Waals surface area contributed by atoms with E-state index in [1.807, 2.05) is 0 Å². The van der Waals surface area contributed by atoms with Crippen LogP contribution in [0.3, 0.4) is 0 Å². The minimum Gasteiger partial charge on any atom is -0.344 e. The van der Waals surface area contributed by atoms with Crippen LogP contribution in [0.15, 0.2) is 65.5 Å². The van der Waals surface area contributed by atoms with E-state index in [2.05, 4.69) is 25.2 Å². The summed E-state index contributed by atoms with van der Waals surface area (Å²) in [5.74, 6) is -13.8. The molecule has 1 amide bonds. The smallest absolute Gasteiger partial charge is 0.293 e. The van der Waals surface area contributed by atoms with Crippen molar-refractivity contribution in [2.45, 2.75) is 43.7 Å². The van der Waals surface area contributed by atoms with Crippen molar-refractivity contribution < 1.29 is 52.7 Å². The Kier molecular flexibility index (Phi) is 10.1. The Morgan fingerprint density at radius 1 is 0.953 bits per heavy atom. The van der Waals surface area contributed by atoms with Gasteiger partial charge in [-0.3, -0.25) is 28.2 Å². The van der Waals surface area contributed by atoms with E-state index >= 15 is 13.2 Å². The molecule has 64 heavy (non-hydrogen) atoms. The van der Waals surface area contributed by atoms with Gasteiger partial charge in [0.05, 0.1) is 44.8 Å². The summed E-state index contributed by atoms with van der Waals surface area (Å²) in [5, 5.41) is 10.2. The van der Waals surface area contributed by atoms with Crippen LogP contribution < -0.4 is 15.6 Å². The number of nitrogens with one attached hydrogen (secondary N) is 2. The third kappa shape index (κ3) is 7.30. The van der Waals surface area contributed by atoms with Gasteiger partial charge >= 0.3 is 0 Å². The second-order valence-electron chi connectivity index (χ2n) is 15.5. The third-order valence-electron chi connectivity index (χ3n) is 11.1. The molecule has 0 spiro atoms. The molecule has 0 aliphatic heterocycles. The molecule has 2 N–H and O–H groups in total. The number of alkyl halides is 4. The molecule has 12 nitrogen and oxygen atoms in total. The molecule has 0 radical (unpaired) electrons. The van der Waals surface area contributed by atoms with Gasteiger partial charge in [-0.25, -0.2) is 44.1 Å². The number of amides is 1. The Morgan fingerprint density at radius 2 is 1.66 bits per heavy atom. The minimum atomic E-state index is -3.98. The zero-order chi connectivity index (χ0) is 45.9. The molecule has 2 aliphatic carbocycles. The Balaban J connectivity index is 1.27. The van der Waals surface area contributed by atoms with Gasteiger partial charge in [-0.05, 0) is 65.9 Å². The van der Waals surface area contributed by atoms with Gasteiger partial charge in [-0.1, -0.05) is 17.7 Å². The summed E-state index contributed by atoms with van der Waals surface area (Å²) in [4.78, 5) is 33.7. The predicted octanol–water partition coefficient (Wildman–Crippen LogP) is 8.10. The van der Waals surface area contributed by atoms with Crippen molar-refractivity contribution in [2.75, 3.05) is 11.0 Å². The van der Waals surface area contributed by atoms with Gasteiger partial charge in [0, 0.05) is 42.6 Å². The Morgan fingerprint density at radius 3 is 2.34 bits per heavy atom. The first-order valence-electron chi connectivity index (χ1n) is 19.0. The fourth-order valence-corrected chi connectivity index (χ4v) is 9.23. The average molecular weight is 935 g/mol. The fourth-order valence-electron chi connectivity index (χ4n) is 8.49. The second-order valence-corrected chi connectivity index (χ2v) is 17.7. The van der Waals surface area contributed by atoms with E-state index in [0.29, 0.717) is 22.9 Å². The molecule has 0 bridgehead atoms. The SMILES string of the molecule is Cn1nc(NS(C)(=O)=O)c2c(Cl)ccc(-n3c([C@H](Cc4cc(F)cc(F)c4)NC(=O)Cn4nc(C(F)F)c5c4C(F)(F)C4CC54)nc4cc(-c5cc(F)c(F)cc5F)ccc4c3=O)c21. The molecule has 3 atom stereocenters.